The highest BCUT2D eigenvalue weighted by atomic mass is 16.4. The maximum Gasteiger partial charge on any atom is 0.205 e. The Hall–Kier alpha value is -12.7. The van der Waals surface area contributed by atoms with Gasteiger partial charge in [-0.1, -0.05) is 0 Å². The predicted molar refractivity (Wildman–Crippen MR) is 268 cm³/mol. The monoisotopic (exact) mass is 1130 g/mol. The van der Waals surface area contributed by atoms with E-state index in [2.05, 4.69) is 0 Å². The third kappa shape index (κ3) is 5.55. The summed E-state index contributed by atoms with van der Waals surface area (Å²) >= 11 is 0. The second-order valence-corrected chi connectivity index (χ2v) is 18.0. The number of furan rings is 1. The molecule has 11 rings (SSSR count). The molecule has 0 bridgehead atoms. The number of rotatable bonds is 3. The molecule has 0 aliphatic heterocycles. The lowest BCUT2D eigenvalue weighted by Gasteiger charge is -2.25. The number of fused-ring (bicyclic) bond motifs is 10. The molecular formula is C50H30O31. The molecule has 1 aromatic heterocycles. The zero-order valence-electron chi connectivity index (χ0n) is 38.8. The molecule has 0 aliphatic rings. The molecule has 31 heteroatoms. The first kappa shape index (κ1) is 50.5. The number of hydrogen-bond acceptors (Lipinski definition) is 31. The van der Waals surface area contributed by atoms with Gasteiger partial charge in [-0.05, 0) is 0 Å². The summed E-state index contributed by atoms with van der Waals surface area (Å²) in [7, 11) is 0. The van der Waals surface area contributed by atoms with E-state index in [9.17, 15) is 153 Å². The molecule has 0 aliphatic carbocycles. The Balaban J connectivity index is 1.38. The molecule has 0 saturated heterocycles. The minimum Gasteiger partial charge on any atom is -0.506 e. The smallest absolute Gasteiger partial charge is 0.205 e. The van der Waals surface area contributed by atoms with Crippen molar-refractivity contribution in [1.29, 1.82) is 0 Å². The van der Waals surface area contributed by atoms with Crippen LogP contribution < -0.4 is 0 Å². The molecule has 0 amide bonds. The van der Waals surface area contributed by atoms with Crippen LogP contribution in [0.15, 0.2) is 4.42 Å². The van der Waals surface area contributed by atoms with Gasteiger partial charge in [-0.3, -0.25) is 0 Å². The van der Waals surface area contributed by atoms with Crippen LogP contribution in [0.3, 0.4) is 0 Å². The van der Waals surface area contributed by atoms with Gasteiger partial charge >= 0.3 is 0 Å². The van der Waals surface area contributed by atoms with Crippen molar-refractivity contribution in [3.8, 4) is 206 Å². The highest BCUT2D eigenvalue weighted by Gasteiger charge is 2.42. The number of benzene rings is 10. The Labute approximate surface area is 438 Å². The second kappa shape index (κ2) is 15.5. The van der Waals surface area contributed by atoms with E-state index in [1.54, 1.807) is 0 Å². The predicted octanol–water partition coefficient (Wildman–Crippen LogP) is 5.52. The van der Waals surface area contributed by atoms with Gasteiger partial charge in [0.25, 0.3) is 0 Å². The summed E-state index contributed by atoms with van der Waals surface area (Å²) < 4.78 is 5.46. The fourth-order valence-electron chi connectivity index (χ4n) is 10.5. The molecule has 81 heavy (non-hydrogen) atoms. The normalized spacial score (nSPS) is 12.0. The molecule has 0 atom stereocenters. The lowest BCUT2D eigenvalue weighted by Crippen LogP contribution is -1.97. The summed E-state index contributed by atoms with van der Waals surface area (Å²) in [5, 5.41) is 324. The van der Waals surface area contributed by atoms with Crippen LogP contribution in [0.4, 0.5) is 0 Å². The van der Waals surface area contributed by atoms with Crippen molar-refractivity contribution < 1.29 is 158 Å². The molecule has 0 unspecified atom stereocenters. The van der Waals surface area contributed by atoms with Crippen LogP contribution in [0, 0.1) is 0 Å². The molecule has 10 aromatic carbocycles. The topological polar surface area (TPSA) is 620 Å². The Morgan fingerprint density at radius 2 is 0.296 bits per heavy atom. The Morgan fingerprint density at radius 1 is 0.111 bits per heavy atom. The quantitative estimate of drug-likeness (QED) is 0.0448. The zero-order valence-corrected chi connectivity index (χ0v) is 38.8. The van der Waals surface area contributed by atoms with Gasteiger partial charge < -0.3 is 158 Å². The molecule has 416 valence electrons. The van der Waals surface area contributed by atoms with Gasteiger partial charge in [0.05, 0.1) is 32.8 Å². The van der Waals surface area contributed by atoms with Crippen molar-refractivity contribution >= 4 is 75.8 Å². The van der Waals surface area contributed by atoms with Crippen molar-refractivity contribution in [3.05, 3.63) is 0 Å². The van der Waals surface area contributed by atoms with E-state index in [0.29, 0.717) is 0 Å². The summed E-state index contributed by atoms with van der Waals surface area (Å²) in [6.45, 7) is 0. The van der Waals surface area contributed by atoms with Crippen molar-refractivity contribution in [2.45, 2.75) is 0 Å². The van der Waals surface area contributed by atoms with Gasteiger partial charge in [-0.25, -0.2) is 0 Å². The minimum absolute atomic E-state index is 0.985. The van der Waals surface area contributed by atoms with E-state index in [-0.39, 0.29) is 0 Å². The number of hydrogen-bond donors (Lipinski definition) is 30. The van der Waals surface area contributed by atoms with E-state index in [1.165, 1.54) is 0 Å². The summed E-state index contributed by atoms with van der Waals surface area (Å²) in [6.07, 6.45) is 0. The molecule has 30 N–H and O–H groups in total. The standard InChI is InChI=1S/C50H30O31/c51-19-9(7-8(26(58)42(74)41(73)25(7)57)10-15(19)33(65)45(77)43(75)27(10)59)16-31(63)29(61)14(30(62)32(16)64)2-5-3(21(53)37(69)39(71)23(5)55)1(4-6(2)24(56)40(72)38(70)22(4)54)13-20(52)18-12-11-17(34(66)46(78)44(76)28(11)60)36(68)47(79)49(12)81-50(18)48(80)35(13)67/h51-80H. The third-order valence-electron chi connectivity index (χ3n) is 14.1. The molecular weight excluding hydrogens is 1100 g/mol. The lowest BCUT2D eigenvalue weighted by molar-refractivity contribution is 0.348. The van der Waals surface area contributed by atoms with E-state index in [1.807, 2.05) is 0 Å². The van der Waals surface area contributed by atoms with Crippen molar-refractivity contribution in [2.24, 2.45) is 0 Å². The van der Waals surface area contributed by atoms with Crippen molar-refractivity contribution in [1.82, 2.24) is 0 Å². The van der Waals surface area contributed by atoms with E-state index in [0.717, 1.165) is 0 Å². The van der Waals surface area contributed by atoms with Crippen LogP contribution in [0.25, 0.3) is 109 Å². The largest absolute Gasteiger partial charge is 0.506 e. The van der Waals surface area contributed by atoms with Crippen LogP contribution in [-0.4, -0.2) is 153 Å². The van der Waals surface area contributed by atoms with E-state index >= 15 is 0 Å². The minimum atomic E-state index is -1.99. The lowest BCUT2D eigenvalue weighted by atomic mass is 9.81. The molecule has 0 saturated carbocycles. The number of phenolic OH excluding ortho intramolecular Hbond substituents is 30. The first-order valence-electron chi connectivity index (χ1n) is 21.9. The third-order valence-corrected chi connectivity index (χ3v) is 14.1. The van der Waals surface area contributed by atoms with Crippen LogP contribution >= 0.6 is 0 Å². The van der Waals surface area contributed by atoms with Gasteiger partial charge in [-0.2, -0.15) is 0 Å². The Kier molecular flexibility index (Phi) is 9.63. The first-order chi connectivity index (χ1) is 37.8. The van der Waals surface area contributed by atoms with Crippen LogP contribution in [-0.2, 0) is 0 Å². The number of aromatic hydroxyl groups is 30. The first-order valence-corrected chi connectivity index (χ1v) is 21.9. The average Bonchev–Trinajstić information content (AvgIpc) is 3.94. The van der Waals surface area contributed by atoms with Crippen LogP contribution in [0.1, 0.15) is 0 Å². The maximum absolute atomic E-state index is 12.4. The Morgan fingerprint density at radius 3 is 0.642 bits per heavy atom. The van der Waals surface area contributed by atoms with Gasteiger partial charge in [0.1, 0.15) is 11.5 Å². The number of phenols is 30. The Bertz CT molecular complexity index is 4810. The zero-order chi connectivity index (χ0) is 59.6. The summed E-state index contributed by atoms with van der Waals surface area (Å²) in [6, 6.07) is 0. The van der Waals surface area contributed by atoms with Gasteiger partial charge in [0.2, 0.25) is 69.0 Å². The van der Waals surface area contributed by atoms with E-state index in [4.69, 9.17) is 4.42 Å². The van der Waals surface area contributed by atoms with Crippen molar-refractivity contribution in [2.75, 3.05) is 0 Å². The second-order valence-electron chi connectivity index (χ2n) is 18.0. The highest BCUT2D eigenvalue weighted by molar-refractivity contribution is 6.34. The fourth-order valence-corrected chi connectivity index (χ4v) is 10.5. The molecule has 31 nitrogen and oxygen atoms in total. The maximum atomic E-state index is 12.4. The van der Waals surface area contributed by atoms with Gasteiger partial charge in [0, 0.05) is 65.2 Å². The summed E-state index contributed by atoms with van der Waals surface area (Å²) in [5.74, 6) is -51.2. The molecule has 0 spiro atoms. The molecule has 0 fully saturated rings. The van der Waals surface area contributed by atoms with E-state index < -0.39 is 282 Å². The van der Waals surface area contributed by atoms with Crippen LogP contribution in [0.5, 0.6) is 172 Å². The molecule has 0 radical (unpaired) electrons. The van der Waals surface area contributed by atoms with Crippen molar-refractivity contribution in [3.63, 3.8) is 0 Å². The summed E-state index contributed by atoms with van der Waals surface area (Å²) in [4.78, 5) is 0. The summed E-state index contributed by atoms with van der Waals surface area (Å²) in [5.41, 5.74) is -11.6. The highest BCUT2D eigenvalue weighted by Crippen LogP contribution is 2.71. The fraction of sp³-hybridized carbons (Fsp3) is 0. The van der Waals surface area contributed by atoms with Crippen LogP contribution in [0.2, 0.25) is 0 Å². The average molecular weight is 1130 g/mol. The van der Waals surface area contributed by atoms with Gasteiger partial charge in [-0.15, -0.1) is 0 Å². The molecule has 11 aromatic rings. The SMILES string of the molecule is Oc1c(O)c(-c2c(O)c3c(O)c(O)c(O)c(O)c3c3c(O)c(O)c(O)c(O)c23)c(O)c(O)c1-c1c2c(O)c(O)c(O)c(O)c2c(-c2c(O)c(O)c3oc4c(O)c(O)c5c(O)c(O)c(O)c(O)c5c4c3c2O)c2c(O)c(O)c(O)c(O)c12. The van der Waals surface area contributed by atoms with Gasteiger partial charge in [0.15, 0.2) is 103 Å². The molecule has 1 heterocycles.